The molecule has 0 aliphatic carbocycles. The van der Waals surface area contributed by atoms with E-state index in [0.29, 0.717) is 11.3 Å². The van der Waals surface area contributed by atoms with Gasteiger partial charge in [0.2, 0.25) is 0 Å². The Morgan fingerprint density at radius 2 is 2.00 bits per heavy atom. The highest BCUT2D eigenvalue weighted by Crippen LogP contribution is 2.28. The summed E-state index contributed by atoms with van der Waals surface area (Å²) in [6.07, 6.45) is 0. The molecule has 0 aliphatic heterocycles. The molecule has 0 saturated carbocycles. The monoisotopic (exact) mass is 287 g/mol. The van der Waals surface area contributed by atoms with Crippen LogP contribution in [0, 0.1) is 24.0 Å². The summed E-state index contributed by atoms with van der Waals surface area (Å²) in [5, 5.41) is 11.0. The van der Waals surface area contributed by atoms with Gasteiger partial charge >= 0.3 is 0 Å². The van der Waals surface area contributed by atoms with Crippen LogP contribution >= 0.6 is 0 Å². The summed E-state index contributed by atoms with van der Waals surface area (Å²) in [6, 6.07) is 10.5. The largest absolute Gasteiger partial charge is 0.489 e. The highest BCUT2D eigenvalue weighted by Gasteiger charge is 2.16. The average Bonchev–Trinajstić information content (AvgIpc) is 2.47. The second kappa shape index (κ2) is 6.23. The minimum Gasteiger partial charge on any atom is -0.489 e. The Hall–Kier alpha value is -2.60. The van der Waals surface area contributed by atoms with E-state index in [1.165, 1.54) is 11.6 Å². The minimum absolute atomic E-state index is 0.0707. The second-order valence-electron chi connectivity index (χ2n) is 4.75. The van der Waals surface area contributed by atoms with Crippen molar-refractivity contribution < 1.29 is 9.66 Å². The first-order chi connectivity index (χ1) is 10.0. The van der Waals surface area contributed by atoms with Crippen molar-refractivity contribution in [3.8, 4) is 5.75 Å². The Labute approximate surface area is 122 Å². The second-order valence-corrected chi connectivity index (χ2v) is 4.75. The molecular formula is C15H17N3O3. The summed E-state index contributed by atoms with van der Waals surface area (Å²) in [5.74, 6) is 6.11. The van der Waals surface area contributed by atoms with Crippen molar-refractivity contribution >= 4 is 11.4 Å². The van der Waals surface area contributed by atoms with E-state index in [1.807, 2.05) is 32.0 Å². The Morgan fingerprint density at radius 3 is 2.62 bits per heavy atom. The molecule has 0 amide bonds. The van der Waals surface area contributed by atoms with E-state index in [0.717, 1.165) is 5.56 Å². The molecule has 0 heterocycles. The molecule has 6 nitrogen and oxygen atoms in total. The third-order valence-corrected chi connectivity index (χ3v) is 3.34. The predicted molar refractivity (Wildman–Crippen MR) is 81.2 cm³/mol. The number of hydrogen-bond donors (Lipinski definition) is 2. The van der Waals surface area contributed by atoms with Crippen LogP contribution in [0.4, 0.5) is 11.4 Å². The number of hydrazine groups is 1. The number of aryl methyl sites for hydroxylation is 2. The number of nitro groups is 1. The normalized spacial score (nSPS) is 10.2. The molecule has 6 heteroatoms. The van der Waals surface area contributed by atoms with E-state index in [2.05, 4.69) is 5.43 Å². The van der Waals surface area contributed by atoms with Crippen LogP contribution in [0.25, 0.3) is 0 Å². The zero-order chi connectivity index (χ0) is 15.4. The van der Waals surface area contributed by atoms with Gasteiger partial charge in [-0.25, -0.2) is 0 Å². The number of ether oxygens (including phenoxy) is 1. The number of anilines is 1. The Morgan fingerprint density at radius 1 is 1.24 bits per heavy atom. The van der Waals surface area contributed by atoms with Crippen LogP contribution in [0.15, 0.2) is 36.4 Å². The molecule has 0 bridgehead atoms. The molecule has 0 aliphatic rings. The van der Waals surface area contributed by atoms with Crippen molar-refractivity contribution in [3.05, 3.63) is 63.2 Å². The van der Waals surface area contributed by atoms with Crippen molar-refractivity contribution in [2.75, 3.05) is 5.43 Å². The molecule has 0 fully saturated rings. The summed E-state index contributed by atoms with van der Waals surface area (Å²) in [6.45, 7) is 4.22. The first-order valence-electron chi connectivity index (χ1n) is 6.46. The number of para-hydroxylation sites is 1. The van der Waals surface area contributed by atoms with E-state index in [1.54, 1.807) is 12.1 Å². The molecule has 3 N–H and O–H groups in total. The van der Waals surface area contributed by atoms with Crippen molar-refractivity contribution in [2.45, 2.75) is 20.5 Å². The molecule has 0 unspecified atom stereocenters. The van der Waals surface area contributed by atoms with Gasteiger partial charge in [-0.15, -0.1) is 0 Å². The number of rotatable bonds is 5. The Kier molecular flexibility index (Phi) is 4.39. The summed E-state index contributed by atoms with van der Waals surface area (Å²) in [7, 11) is 0. The van der Waals surface area contributed by atoms with Crippen LogP contribution in [0.1, 0.15) is 16.7 Å². The van der Waals surface area contributed by atoms with Gasteiger partial charge in [-0.3, -0.25) is 16.0 Å². The number of nitrogens with two attached hydrogens (primary N) is 1. The first-order valence-corrected chi connectivity index (χ1v) is 6.46. The summed E-state index contributed by atoms with van der Waals surface area (Å²) < 4.78 is 5.69. The Bertz CT molecular complexity index is 671. The van der Waals surface area contributed by atoms with E-state index in [9.17, 15) is 10.1 Å². The van der Waals surface area contributed by atoms with Gasteiger partial charge < -0.3 is 10.2 Å². The Balaban J connectivity index is 2.21. The van der Waals surface area contributed by atoms with E-state index in [4.69, 9.17) is 10.6 Å². The maximum atomic E-state index is 11.0. The van der Waals surface area contributed by atoms with E-state index >= 15 is 0 Å². The van der Waals surface area contributed by atoms with Gasteiger partial charge in [0.05, 0.1) is 4.92 Å². The molecule has 2 aromatic carbocycles. The van der Waals surface area contributed by atoms with Crippen LogP contribution in [-0.2, 0) is 6.61 Å². The molecule has 0 saturated heterocycles. The van der Waals surface area contributed by atoms with Gasteiger partial charge in [0, 0.05) is 11.6 Å². The van der Waals surface area contributed by atoms with Gasteiger partial charge in [0.25, 0.3) is 5.69 Å². The smallest absolute Gasteiger partial charge is 0.294 e. The summed E-state index contributed by atoms with van der Waals surface area (Å²) in [4.78, 5) is 10.5. The molecule has 0 radical (unpaired) electrons. The third kappa shape index (κ3) is 3.29. The van der Waals surface area contributed by atoms with Crippen LogP contribution in [-0.4, -0.2) is 4.92 Å². The number of nitrogens with zero attached hydrogens (tertiary/aromatic N) is 1. The molecular weight excluding hydrogens is 270 g/mol. The highest BCUT2D eigenvalue weighted by molar-refractivity contribution is 5.65. The highest BCUT2D eigenvalue weighted by atomic mass is 16.6. The zero-order valence-corrected chi connectivity index (χ0v) is 11.9. The van der Waals surface area contributed by atoms with Crippen LogP contribution in [0.2, 0.25) is 0 Å². The van der Waals surface area contributed by atoms with Crippen molar-refractivity contribution in [3.63, 3.8) is 0 Å². The lowest BCUT2D eigenvalue weighted by Crippen LogP contribution is -2.12. The van der Waals surface area contributed by atoms with Gasteiger partial charge in [-0.05, 0) is 37.1 Å². The lowest BCUT2D eigenvalue weighted by molar-refractivity contribution is -0.384. The number of nitrogens with one attached hydrogen (secondary N) is 1. The zero-order valence-electron chi connectivity index (χ0n) is 11.9. The molecule has 0 atom stereocenters. The third-order valence-electron chi connectivity index (χ3n) is 3.34. The van der Waals surface area contributed by atoms with Crippen LogP contribution < -0.4 is 16.0 Å². The summed E-state index contributed by atoms with van der Waals surface area (Å²) in [5.41, 5.74) is 5.52. The van der Waals surface area contributed by atoms with Crippen molar-refractivity contribution in [1.29, 1.82) is 0 Å². The molecule has 0 aromatic heterocycles. The topological polar surface area (TPSA) is 90.4 Å². The van der Waals surface area contributed by atoms with Gasteiger partial charge in [0.1, 0.15) is 18.0 Å². The molecule has 2 aromatic rings. The van der Waals surface area contributed by atoms with Gasteiger partial charge in [-0.2, -0.15) is 0 Å². The fraction of sp³-hybridized carbons (Fsp3) is 0.200. The van der Waals surface area contributed by atoms with Crippen molar-refractivity contribution in [2.24, 2.45) is 5.84 Å². The van der Waals surface area contributed by atoms with Gasteiger partial charge in [0.15, 0.2) is 0 Å². The van der Waals surface area contributed by atoms with E-state index < -0.39 is 4.92 Å². The van der Waals surface area contributed by atoms with Crippen molar-refractivity contribution in [1.82, 2.24) is 0 Å². The fourth-order valence-electron chi connectivity index (χ4n) is 1.99. The molecule has 110 valence electrons. The standard InChI is InChI=1S/C15H17N3O3/c1-10-6-7-13(8-11(10)2)21-9-12-4-3-5-14(18(19)20)15(12)17-16/h3-8,17H,9,16H2,1-2H3. The molecule has 21 heavy (non-hydrogen) atoms. The number of nitrogen functional groups attached to an aromatic ring is 1. The lowest BCUT2D eigenvalue weighted by Gasteiger charge is -2.11. The molecule has 2 rings (SSSR count). The predicted octanol–water partition coefficient (Wildman–Crippen LogP) is 3.08. The minimum atomic E-state index is -0.477. The first kappa shape index (κ1) is 14.8. The lowest BCUT2D eigenvalue weighted by atomic mass is 10.1. The average molecular weight is 287 g/mol. The maximum absolute atomic E-state index is 11.0. The number of benzene rings is 2. The summed E-state index contributed by atoms with van der Waals surface area (Å²) >= 11 is 0. The molecule has 0 spiro atoms. The quantitative estimate of drug-likeness (QED) is 0.501. The number of nitro benzene ring substituents is 1. The fourth-order valence-corrected chi connectivity index (χ4v) is 1.99. The SMILES string of the molecule is Cc1ccc(OCc2cccc([N+](=O)[O-])c2NN)cc1C. The van der Waals surface area contributed by atoms with Gasteiger partial charge in [-0.1, -0.05) is 18.2 Å². The maximum Gasteiger partial charge on any atom is 0.294 e. The van der Waals surface area contributed by atoms with Crippen LogP contribution in [0.5, 0.6) is 5.75 Å². The van der Waals surface area contributed by atoms with E-state index in [-0.39, 0.29) is 18.0 Å². The van der Waals surface area contributed by atoms with Crippen LogP contribution in [0.3, 0.4) is 0 Å². The number of hydrogen-bond acceptors (Lipinski definition) is 5.